The van der Waals surface area contributed by atoms with Gasteiger partial charge in [-0.05, 0) is 242 Å². The lowest BCUT2D eigenvalue weighted by Crippen LogP contribution is -2.22. The summed E-state index contributed by atoms with van der Waals surface area (Å²) in [6.45, 7) is 99.5. The van der Waals surface area contributed by atoms with Crippen LogP contribution in [0.15, 0.2) is 127 Å². The van der Waals surface area contributed by atoms with Crippen LogP contribution in [0.4, 0.5) is 0 Å². The maximum Gasteiger partial charge on any atom is 0.530 e. The Morgan fingerprint density at radius 3 is 0.420 bits per heavy atom. The van der Waals surface area contributed by atoms with Crippen molar-refractivity contribution in [2.45, 2.75) is 356 Å². The van der Waals surface area contributed by atoms with Crippen molar-refractivity contribution in [2.75, 3.05) is 0 Å². The van der Waals surface area contributed by atoms with Crippen LogP contribution < -0.4 is 13.6 Å². The van der Waals surface area contributed by atoms with E-state index in [-0.39, 0.29) is 65.0 Å². The third-order valence-corrected chi connectivity index (χ3v) is 23.6. The molecule has 9 rings (SSSR count). The van der Waals surface area contributed by atoms with E-state index in [1.54, 1.807) is 0 Å². The van der Waals surface area contributed by atoms with Gasteiger partial charge < -0.3 is 13.6 Å². The molecule has 0 N–H and O–H groups in total. The molecule has 9 aromatic carbocycles. The van der Waals surface area contributed by atoms with Gasteiger partial charge in [0.25, 0.3) is 0 Å². The molecule has 0 aliphatic rings. The second-order valence-corrected chi connectivity index (χ2v) is 46.9. The highest BCUT2D eigenvalue weighted by molar-refractivity contribution is 7.43. The number of aryl methyl sites for hydroxylation is 6. The van der Waals surface area contributed by atoms with E-state index in [2.05, 4.69) is 418 Å². The van der Waals surface area contributed by atoms with Gasteiger partial charge in [0, 0.05) is 16.7 Å². The molecule has 0 amide bonds. The number of hydrogen-bond donors (Lipinski definition) is 0. The van der Waals surface area contributed by atoms with Gasteiger partial charge in [0.05, 0.1) is 0 Å². The maximum absolute atomic E-state index is 8.58. The van der Waals surface area contributed by atoms with Crippen LogP contribution in [0.1, 0.15) is 349 Å². The van der Waals surface area contributed by atoms with Crippen LogP contribution >= 0.6 is 8.60 Å². The van der Waals surface area contributed by atoms with E-state index in [1.807, 2.05) is 0 Å². The van der Waals surface area contributed by atoms with Crippen molar-refractivity contribution in [1.82, 2.24) is 0 Å². The number of rotatable bonds is 12. The first kappa shape index (κ1) is 88.8. The molecular weight excluding hydrogens is 1380 g/mol. The topological polar surface area (TPSA) is 27.7 Å². The van der Waals surface area contributed by atoms with Gasteiger partial charge in [0.1, 0.15) is 17.2 Å². The monoisotopic (exact) mass is 1520 g/mol. The predicted molar refractivity (Wildman–Crippen MR) is 494 cm³/mol. The highest BCUT2D eigenvalue weighted by Gasteiger charge is 2.42. The molecular formula is C108H147O3P. The summed E-state index contributed by atoms with van der Waals surface area (Å²) in [5.74, 6) is 2.07. The Labute approximate surface area is 685 Å². The van der Waals surface area contributed by atoms with Crippen LogP contribution in [0.3, 0.4) is 0 Å². The van der Waals surface area contributed by atoms with Gasteiger partial charge in [-0.25, -0.2) is 0 Å². The van der Waals surface area contributed by atoms with Crippen LogP contribution in [-0.2, 0) is 65.0 Å². The molecule has 0 spiro atoms. The molecule has 0 fully saturated rings. The molecule has 0 unspecified atom stereocenters. The van der Waals surface area contributed by atoms with Crippen molar-refractivity contribution in [3.63, 3.8) is 0 Å². The average molecular weight is 1520 g/mol. The minimum absolute atomic E-state index is 0.264. The average Bonchev–Trinajstić information content (AvgIpc) is 0.734. The number of hydrogen-bond acceptors (Lipinski definition) is 3. The lowest BCUT2D eigenvalue weighted by atomic mass is 9.69. The predicted octanol–water partition coefficient (Wildman–Crippen LogP) is 32.9. The van der Waals surface area contributed by atoms with Crippen molar-refractivity contribution in [1.29, 1.82) is 0 Å². The first-order valence-corrected chi connectivity index (χ1v) is 42.9. The molecule has 112 heavy (non-hydrogen) atoms. The molecule has 0 atom stereocenters. The van der Waals surface area contributed by atoms with Crippen LogP contribution in [0.25, 0.3) is 66.8 Å². The van der Waals surface area contributed by atoms with Gasteiger partial charge in [0.15, 0.2) is 0 Å². The summed E-state index contributed by atoms with van der Waals surface area (Å²) < 4.78 is 25.7. The van der Waals surface area contributed by atoms with Crippen LogP contribution in [0, 0.1) is 41.5 Å². The van der Waals surface area contributed by atoms with Gasteiger partial charge in [-0.2, -0.15) is 0 Å². The summed E-state index contributed by atoms with van der Waals surface area (Å²) in [5, 5.41) is 0. The van der Waals surface area contributed by atoms with Crippen LogP contribution in [-0.4, -0.2) is 0 Å². The Hall–Kier alpha value is -7.19. The molecule has 4 heteroatoms. The first-order valence-electron chi connectivity index (χ1n) is 41.8. The van der Waals surface area contributed by atoms with Crippen LogP contribution in [0.2, 0.25) is 0 Å². The first-order chi connectivity index (χ1) is 50.6. The fourth-order valence-corrected chi connectivity index (χ4v) is 18.1. The van der Waals surface area contributed by atoms with Gasteiger partial charge in [-0.3, -0.25) is 0 Å². The molecule has 0 saturated carbocycles. The van der Waals surface area contributed by atoms with Crippen molar-refractivity contribution in [2.24, 2.45) is 0 Å². The zero-order valence-corrected chi connectivity index (χ0v) is 79.2. The molecule has 0 saturated heterocycles. The number of benzene rings is 9. The van der Waals surface area contributed by atoms with E-state index in [0.717, 1.165) is 33.4 Å². The van der Waals surface area contributed by atoms with E-state index in [1.165, 1.54) is 134 Å². The van der Waals surface area contributed by atoms with Gasteiger partial charge in [-0.15, -0.1) is 0 Å². The van der Waals surface area contributed by atoms with Crippen LogP contribution in [0.5, 0.6) is 17.2 Å². The van der Waals surface area contributed by atoms with Gasteiger partial charge in [0.2, 0.25) is 0 Å². The Balaban J connectivity index is 1.63. The van der Waals surface area contributed by atoms with E-state index < -0.39 is 8.60 Å². The third kappa shape index (κ3) is 18.7. The van der Waals surface area contributed by atoms with Gasteiger partial charge in [-0.1, -0.05) is 392 Å². The summed E-state index contributed by atoms with van der Waals surface area (Å²) in [5.41, 5.74) is 32.9. The Morgan fingerprint density at radius 2 is 0.295 bits per heavy atom. The lowest BCUT2D eigenvalue weighted by molar-refractivity contribution is 0.389. The highest BCUT2D eigenvalue weighted by atomic mass is 31.2. The van der Waals surface area contributed by atoms with E-state index in [4.69, 9.17) is 13.6 Å². The molecule has 0 aliphatic heterocycles. The van der Waals surface area contributed by atoms with Crippen molar-refractivity contribution < 1.29 is 13.6 Å². The Bertz CT molecular complexity index is 4330. The highest BCUT2D eigenvalue weighted by Crippen LogP contribution is 2.61. The molecule has 0 aromatic heterocycles. The zero-order valence-electron chi connectivity index (χ0n) is 78.3. The molecule has 0 heterocycles. The summed E-state index contributed by atoms with van der Waals surface area (Å²) in [7, 11) is -2.60. The normalized spacial score (nSPS) is 13.5. The Morgan fingerprint density at radius 1 is 0.170 bits per heavy atom. The van der Waals surface area contributed by atoms with E-state index >= 15 is 0 Å². The van der Waals surface area contributed by atoms with Gasteiger partial charge >= 0.3 is 8.60 Å². The second kappa shape index (κ2) is 30.1. The quantitative estimate of drug-likeness (QED) is 0.114. The second-order valence-electron chi connectivity index (χ2n) is 45.9. The van der Waals surface area contributed by atoms with Crippen molar-refractivity contribution >= 4 is 8.60 Å². The Kier molecular flexibility index (Phi) is 23.9. The maximum atomic E-state index is 8.58. The minimum atomic E-state index is -2.60. The minimum Gasteiger partial charge on any atom is -0.408 e. The van der Waals surface area contributed by atoms with Crippen molar-refractivity contribution in [3.05, 3.63) is 228 Å². The standard InChI is InChI=1S/C108H147O3P/c1-64-52-73(97(7,8)9)88(74(53-64)98(10,11)12)70-46-43-49-85(91(70)94-79(103(25,26)27)58-67(4)59-80(94)104(28,29)30)109-112(110-86-50-44-47-71(89-75(99(13,14)15)54-65(2)55-76(89)100(16,17)18)92(86)95-81(105(31,32)33)60-68(5)61-82(95)106(34,35)36)111-87-51-45-48-72(90-77(101(19,20)21)56-66(3)57-78(90)102(22,23)24)93(87)96-83(107(37,38)39)62-69(6)63-84(96)108(40,41)42/h43-63H,1-42H3. The third-order valence-electron chi connectivity index (χ3n) is 22.5. The fraction of sp³-hybridized carbons (Fsp3) is 0.500. The summed E-state index contributed by atoms with van der Waals surface area (Å²) in [4.78, 5) is 0. The lowest BCUT2D eigenvalue weighted by Gasteiger charge is -2.36. The van der Waals surface area contributed by atoms with E-state index in [0.29, 0.717) is 17.2 Å². The summed E-state index contributed by atoms with van der Waals surface area (Å²) in [6.07, 6.45) is 0. The van der Waals surface area contributed by atoms with E-state index in [9.17, 15) is 0 Å². The molecule has 602 valence electrons. The SMILES string of the molecule is Cc1cc(C(C)(C)C)c(-c2cccc(OP(Oc3cccc(-c4c(C(C)(C)C)cc(C)cc4C(C)(C)C)c3-c3c(C(C)(C)C)cc(C)cc3C(C)(C)C)Oc3cccc(-c4c(C(C)(C)C)cc(C)cc4C(C)(C)C)c3-c3c(C(C)(C)C)cc(C)cc3C(C)(C)C)c2-c2c(C(C)(C)C)cc(C)cc2C(C)(C)C)c(C(C)(C)C)c1. The fourth-order valence-electron chi connectivity index (χ4n) is 17.0. The summed E-state index contributed by atoms with van der Waals surface area (Å²) in [6, 6.07) is 50.0. The molecule has 3 nitrogen and oxygen atoms in total. The summed E-state index contributed by atoms with van der Waals surface area (Å²) >= 11 is 0. The molecule has 0 aliphatic carbocycles. The zero-order chi connectivity index (χ0) is 84.6. The smallest absolute Gasteiger partial charge is 0.408 e. The van der Waals surface area contributed by atoms with Crippen molar-refractivity contribution in [3.8, 4) is 84.0 Å². The molecule has 0 radical (unpaired) electrons. The molecule has 0 bridgehead atoms. The molecule has 9 aromatic rings. The largest absolute Gasteiger partial charge is 0.530 e.